The fourth-order valence-corrected chi connectivity index (χ4v) is 4.91. The van der Waals surface area contributed by atoms with Gasteiger partial charge in [0.1, 0.15) is 5.60 Å². The first kappa shape index (κ1) is 24.3. The van der Waals surface area contributed by atoms with Gasteiger partial charge in [-0.3, -0.25) is 3.93 Å². The van der Waals surface area contributed by atoms with Crippen molar-refractivity contribution < 1.29 is 9.53 Å². The molecule has 3 aromatic carbocycles. The zero-order valence-corrected chi connectivity index (χ0v) is 23.0. The number of carbonyl (C=O) groups is 1. The van der Waals surface area contributed by atoms with Crippen LogP contribution in [0.5, 0.6) is 0 Å². The van der Waals surface area contributed by atoms with E-state index in [2.05, 4.69) is 42.0 Å². The molecule has 5 rings (SSSR count). The number of hydrogen-bond donors (Lipinski definition) is 1. The first-order valence-electron chi connectivity index (χ1n) is 11.2. The van der Waals surface area contributed by atoms with Crippen LogP contribution in [0.25, 0.3) is 33.1 Å². The lowest BCUT2D eigenvalue weighted by molar-refractivity contribution is 0.0547. The van der Waals surface area contributed by atoms with Crippen molar-refractivity contribution in [2.45, 2.75) is 26.4 Å². The summed E-state index contributed by atoms with van der Waals surface area (Å²) < 4.78 is 10.1. The van der Waals surface area contributed by atoms with Crippen LogP contribution in [0, 0.1) is 0 Å². The highest BCUT2D eigenvalue weighted by Crippen LogP contribution is 2.37. The van der Waals surface area contributed by atoms with E-state index in [0.29, 0.717) is 17.0 Å². The van der Waals surface area contributed by atoms with Crippen molar-refractivity contribution in [1.82, 2.24) is 14.5 Å². The van der Waals surface area contributed by atoms with Crippen LogP contribution in [-0.2, 0) is 4.74 Å². The molecule has 0 bridgehead atoms. The van der Waals surface area contributed by atoms with E-state index in [0.717, 1.165) is 32.0 Å². The van der Waals surface area contributed by atoms with Crippen LogP contribution in [0.15, 0.2) is 77.3 Å². The predicted molar refractivity (Wildman–Crippen MR) is 152 cm³/mol. The smallest absolute Gasteiger partial charge is 0.419 e. The maximum Gasteiger partial charge on any atom is 0.419 e. The van der Waals surface area contributed by atoms with Gasteiger partial charge in [0.25, 0.3) is 0 Å². The number of hydrogen-bond acceptors (Lipinski definition) is 6. The summed E-state index contributed by atoms with van der Waals surface area (Å²) in [4.78, 5) is 22.3. The summed E-state index contributed by atoms with van der Waals surface area (Å²) in [5, 5.41) is 1.68. The molecule has 0 unspecified atom stereocenters. The number of benzene rings is 3. The Morgan fingerprint density at radius 3 is 2.47 bits per heavy atom. The summed E-state index contributed by atoms with van der Waals surface area (Å²) in [7, 11) is 0. The summed E-state index contributed by atoms with van der Waals surface area (Å²) in [5.74, 6) is 0.756. The third kappa shape index (κ3) is 4.68. The van der Waals surface area contributed by atoms with E-state index in [9.17, 15) is 4.79 Å². The monoisotopic (exact) mass is 607 g/mol. The highest BCUT2D eigenvalue weighted by molar-refractivity contribution is 9.10. The second-order valence-corrected chi connectivity index (χ2v) is 10.9. The van der Waals surface area contributed by atoms with Gasteiger partial charge in [-0.2, -0.15) is 4.98 Å². The average Bonchev–Trinajstić information content (AvgIpc) is 3.21. The SMILES string of the molecule is CC(C)(C)OC(=O)n1c(-c2ccc3nc(N)nc(N(Br)c4ccccc4)c3c2)cc2cc(Br)ccc21. The van der Waals surface area contributed by atoms with Crippen LogP contribution >= 0.6 is 32.1 Å². The van der Waals surface area contributed by atoms with Gasteiger partial charge in [-0.05, 0) is 74.9 Å². The van der Waals surface area contributed by atoms with Gasteiger partial charge >= 0.3 is 6.09 Å². The molecule has 0 atom stereocenters. The lowest BCUT2D eigenvalue weighted by Crippen LogP contribution is -2.27. The van der Waals surface area contributed by atoms with Gasteiger partial charge in [-0.15, -0.1) is 0 Å². The Labute approximate surface area is 225 Å². The summed E-state index contributed by atoms with van der Waals surface area (Å²) >= 11 is 7.17. The summed E-state index contributed by atoms with van der Waals surface area (Å²) in [6.45, 7) is 5.56. The van der Waals surface area contributed by atoms with Crippen molar-refractivity contribution in [2.24, 2.45) is 0 Å². The number of para-hydroxylation sites is 1. The minimum atomic E-state index is -0.644. The fraction of sp³-hybridized carbons (Fsp3) is 0.148. The molecule has 9 heteroatoms. The normalized spacial score (nSPS) is 11.7. The van der Waals surface area contributed by atoms with E-state index >= 15 is 0 Å². The van der Waals surface area contributed by atoms with E-state index in [1.54, 1.807) is 8.49 Å². The average molecular weight is 609 g/mol. The molecule has 0 aliphatic heterocycles. The van der Waals surface area contributed by atoms with Gasteiger partial charge in [0, 0.05) is 15.2 Å². The Balaban J connectivity index is 1.72. The molecule has 7 nitrogen and oxygen atoms in total. The van der Waals surface area contributed by atoms with Crippen LogP contribution in [0.3, 0.4) is 0 Å². The number of anilines is 3. The molecule has 0 radical (unpaired) electrons. The molecule has 182 valence electrons. The summed E-state index contributed by atoms with van der Waals surface area (Å²) in [6, 6.07) is 23.3. The van der Waals surface area contributed by atoms with Gasteiger partial charge in [-0.1, -0.05) is 40.2 Å². The van der Waals surface area contributed by atoms with E-state index in [1.807, 2.05) is 93.6 Å². The number of aromatic nitrogens is 3. The molecule has 36 heavy (non-hydrogen) atoms. The number of nitrogens with two attached hydrogens (primary N) is 1. The van der Waals surface area contributed by atoms with E-state index in [-0.39, 0.29) is 5.95 Å². The highest BCUT2D eigenvalue weighted by atomic mass is 79.9. The van der Waals surface area contributed by atoms with Crippen LogP contribution in [0.1, 0.15) is 20.8 Å². The molecular weight excluding hydrogens is 586 g/mol. The fourth-order valence-electron chi connectivity index (χ4n) is 4.02. The van der Waals surface area contributed by atoms with Crippen molar-refractivity contribution in [2.75, 3.05) is 9.66 Å². The van der Waals surface area contributed by atoms with Gasteiger partial charge in [-0.25, -0.2) is 14.3 Å². The summed E-state index contributed by atoms with van der Waals surface area (Å²) in [6.07, 6.45) is -0.449. The third-order valence-corrected chi connectivity index (χ3v) is 6.74. The number of fused-ring (bicyclic) bond motifs is 2. The number of halogens is 2. The molecule has 5 aromatic rings. The quantitative estimate of drug-likeness (QED) is 0.210. The van der Waals surface area contributed by atoms with Crippen molar-refractivity contribution in [3.63, 3.8) is 0 Å². The molecular formula is C27H23Br2N5O2. The predicted octanol–water partition coefficient (Wildman–Crippen LogP) is 7.83. The van der Waals surface area contributed by atoms with E-state index in [4.69, 9.17) is 10.5 Å². The molecule has 0 saturated carbocycles. The zero-order valence-electron chi connectivity index (χ0n) is 19.9. The Morgan fingerprint density at radius 2 is 1.75 bits per heavy atom. The Kier molecular flexibility index (Phi) is 6.22. The first-order chi connectivity index (χ1) is 17.1. The number of ether oxygens (including phenoxy) is 1. The Morgan fingerprint density at radius 1 is 1.00 bits per heavy atom. The lowest BCUT2D eigenvalue weighted by Gasteiger charge is -2.21. The second kappa shape index (κ2) is 9.22. The molecule has 0 fully saturated rings. The van der Waals surface area contributed by atoms with E-state index in [1.165, 1.54) is 0 Å². The zero-order chi connectivity index (χ0) is 25.6. The molecule has 0 aliphatic rings. The molecule has 2 heterocycles. The molecule has 0 amide bonds. The van der Waals surface area contributed by atoms with Crippen molar-refractivity contribution in [3.8, 4) is 11.3 Å². The Bertz CT molecular complexity index is 1610. The first-order valence-corrected chi connectivity index (χ1v) is 12.7. The van der Waals surface area contributed by atoms with Gasteiger partial charge in [0.05, 0.1) is 38.6 Å². The minimum Gasteiger partial charge on any atom is -0.443 e. The van der Waals surface area contributed by atoms with Crippen LogP contribution in [0.4, 0.5) is 22.2 Å². The third-order valence-electron chi connectivity index (χ3n) is 5.50. The standard InChI is InChI=1S/C27H23Br2N5O2/c1-27(2,3)36-26(35)33-22-12-10-18(28)13-17(22)15-23(33)16-9-11-21-20(14-16)24(32-25(30)31-21)34(29)19-7-5-4-6-8-19/h4-15H,1-3H3,(H2,30,31,32). The number of carbonyl (C=O) groups excluding carboxylic acids is 1. The topological polar surface area (TPSA) is 86.3 Å². The summed E-state index contributed by atoms with van der Waals surface area (Å²) in [5.41, 5.74) is 9.22. The highest BCUT2D eigenvalue weighted by Gasteiger charge is 2.24. The van der Waals surface area contributed by atoms with Crippen LogP contribution in [0.2, 0.25) is 0 Å². The molecule has 2 aromatic heterocycles. The van der Waals surface area contributed by atoms with Crippen molar-refractivity contribution >= 4 is 77.4 Å². The maximum absolute atomic E-state index is 13.4. The Hall–Kier alpha value is -3.43. The molecule has 2 N–H and O–H groups in total. The van der Waals surface area contributed by atoms with Crippen LogP contribution < -0.4 is 9.66 Å². The van der Waals surface area contributed by atoms with Crippen LogP contribution in [-0.4, -0.2) is 26.2 Å². The van der Waals surface area contributed by atoms with Crippen molar-refractivity contribution in [1.29, 1.82) is 0 Å². The van der Waals surface area contributed by atoms with Crippen molar-refractivity contribution in [3.05, 3.63) is 77.3 Å². The van der Waals surface area contributed by atoms with Gasteiger partial charge < -0.3 is 10.5 Å². The molecule has 0 saturated heterocycles. The molecule has 0 aliphatic carbocycles. The number of nitrogens with zero attached hydrogens (tertiary/aromatic N) is 4. The number of nitrogen functional groups attached to an aromatic ring is 1. The lowest BCUT2D eigenvalue weighted by atomic mass is 10.1. The second-order valence-electron chi connectivity index (χ2n) is 9.30. The van der Waals surface area contributed by atoms with E-state index < -0.39 is 11.7 Å². The van der Waals surface area contributed by atoms with Gasteiger partial charge in [0.2, 0.25) is 5.95 Å². The largest absolute Gasteiger partial charge is 0.443 e. The van der Waals surface area contributed by atoms with Gasteiger partial charge in [0.15, 0.2) is 5.82 Å². The maximum atomic E-state index is 13.4. The number of rotatable bonds is 3. The molecule has 0 spiro atoms. The minimum absolute atomic E-state index is 0.165.